The first-order chi connectivity index (χ1) is 10.5. The Bertz CT molecular complexity index is 669. The van der Waals surface area contributed by atoms with Gasteiger partial charge in [0, 0.05) is 11.7 Å². The van der Waals surface area contributed by atoms with Crippen LogP contribution in [0.3, 0.4) is 0 Å². The van der Waals surface area contributed by atoms with E-state index in [1.807, 2.05) is 0 Å². The number of benzene rings is 1. The second kappa shape index (κ2) is 5.21. The molecule has 0 spiro atoms. The van der Waals surface area contributed by atoms with Crippen LogP contribution in [0.4, 0.5) is 14.9 Å². The van der Waals surface area contributed by atoms with Gasteiger partial charge in [-0.2, -0.15) is 0 Å². The molecule has 0 unspecified atom stereocenters. The number of carbonyl (C=O) groups excluding carboxylic acids is 4. The van der Waals surface area contributed by atoms with Gasteiger partial charge in [-0.25, -0.2) is 14.1 Å². The second-order valence-electron chi connectivity index (χ2n) is 5.14. The summed E-state index contributed by atoms with van der Waals surface area (Å²) in [6.45, 7) is -0.552. The molecule has 8 heteroatoms. The highest BCUT2D eigenvalue weighted by Gasteiger charge is 2.51. The van der Waals surface area contributed by atoms with Crippen molar-refractivity contribution in [2.45, 2.75) is 18.9 Å². The molecule has 2 aliphatic rings. The van der Waals surface area contributed by atoms with E-state index in [2.05, 4.69) is 5.32 Å². The average molecular weight is 305 g/mol. The zero-order chi connectivity index (χ0) is 15.9. The Morgan fingerprint density at radius 2 is 1.77 bits per heavy atom. The Labute approximate surface area is 124 Å². The van der Waals surface area contributed by atoms with Crippen LogP contribution in [-0.4, -0.2) is 46.1 Å². The van der Waals surface area contributed by atoms with Crippen molar-refractivity contribution in [3.8, 4) is 0 Å². The highest BCUT2D eigenvalue weighted by Crippen LogP contribution is 2.30. The fraction of sp³-hybridized carbons (Fsp3) is 0.286. The molecule has 2 fully saturated rings. The van der Waals surface area contributed by atoms with Gasteiger partial charge in [-0.05, 0) is 37.1 Å². The quantitative estimate of drug-likeness (QED) is 0.656. The van der Waals surface area contributed by atoms with Gasteiger partial charge in [-0.15, -0.1) is 0 Å². The lowest BCUT2D eigenvalue weighted by atomic mass is 10.3. The molecular weight excluding hydrogens is 293 g/mol. The van der Waals surface area contributed by atoms with Crippen molar-refractivity contribution in [1.29, 1.82) is 0 Å². The average Bonchev–Trinajstić information content (AvgIpc) is 3.28. The normalized spacial score (nSPS) is 18.1. The summed E-state index contributed by atoms with van der Waals surface area (Å²) in [5.74, 6) is -2.97. The molecule has 1 aliphatic carbocycles. The first-order valence-electron chi connectivity index (χ1n) is 6.72. The summed E-state index contributed by atoms with van der Waals surface area (Å²) in [5, 5.41) is 2.43. The smallest absolute Gasteiger partial charge is 0.325 e. The van der Waals surface area contributed by atoms with E-state index >= 15 is 0 Å². The third kappa shape index (κ3) is 2.54. The Morgan fingerprint density at radius 3 is 2.36 bits per heavy atom. The van der Waals surface area contributed by atoms with E-state index < -0.39 is 36.1 Å². The van der Waals surface area contributed by atoms with Crippen molar-refractivity contribution in [1.82, 2.24) is 9.80 Å². The van der Waals surface area contributed by atoms with Crippen LogP contribution in [0.2, 0.25) is 0 Å². The Balaban J connectivity index is 1.66. The number of imide groups is 2. The minimum absolute atomic E-state index is 0.228. The molecule has 1 saturated heterocycles. The lowest BCUT2D eigenvalue weighted by Gasteiger charge is -2.14. The fourth-order valence-electron chi connectivity index (χ4n) is 2.19. The standard InChI is InChI=1S/C14H12FN3O4/c15-8-1-3-9(4-2-8)16-11(19)7-17-12(20)13(21)18(14(17)22)10-5-6-10/h1-4,10H,5-7H2,(H,16,19). The van der Waals surface area contributed by atoms with Gasteiger partial charge in [0.1, 0.15) is 12.4 Å². The third-order valence-electron chi connectivity index (χ3n) is 3.43. The van der Waals surface area contributed by atoms with Crippen LogP contribution in [0.1, 0.15) is 12.8 Å². The summed E-state index contributed by atoms with van der Waals surface area (Å²) in [6, 6.07) is 4.05. The van der Waals surface area contributed by atoms with Crippen LogP contribution in [0.25, 0.3) is 0 Å². The monoisotopic (exact) mass is 305 g/mol. The van der Waals surface area contributed by atoms with Gasteiger partial charge >= 0.3 is 17.8 Å². The molecule has 1 aromatic carbocycles. The highest BCUT2D eigenvalue weighted by molar-refractivity contribution is 6.45. The zero-order valence-electron chi connectivity index (χ0n) is 11.4. The van der Waals surface area contributed by atoms with E-state index in [1.165, 1.54) is 24.3 Å². The summed E-state index contributed by atoms with van der Waals surface area (Å²) >= 11 is 0. The van der Waals surface area contributed by atoms with Crippen LogP contribution >= 0.6 is 0 Å². The maximum Gasteiger partial charge on any atom is 0.334 e. The Hall–Kier alpha value is -2.77. The number of carbonyl (C=O) groups is 4. The molecule has 22 heavy (non-hydrogen) atoms. The first kappa shape index (κ1) is 14.2. The lowest BCUT2D eigenvalue weighted by molar-refractivity contribution is -0.143. The predicted molar refractivity (Wildman–Crippen MR) is 72.0 cm³/mol. The van der Waals surface area contributed by atoms with Gasteiger partial charge < -0.3 is 5.32 Å². The molecule has 0 atom stereocenters. The number of urea groups is 1. The summed E-state index contributed by atoms with van der Waals surface area (Å²) in [4.78, 5) is 48.9. The van der Waals surface area contributed by atoms with Crippen LogP contribution < -0.4 is 5.32 Å². The number of anilines is 1. The molecule has 0 aromatic heterocycles. The van der Waals surface area contributed by atoms with Crippen molar-refractivity contribution >= 4 is 29.4 Å². The van der Waals surface area contributed by atoms with E-state index in [-0.39, 0.29) is 6.04 Å². The van der Waals surface area contributed by atoms with Gasteiger partial charge in [-0.3, -0.25) is 19.3 Å². The molecule has 114 valence electrons. The molecule has 1 N–H and O–H groups in total. The number of nitrogens with one attached hydrogen (secondary N) is 1. The van der Waals surface area contributed by atoms with E-state index in [4.69, 9.17) is 0 Å². The minimum Gasteiger partial charge on any atom is -0.325 e. The molecule has 0 bridgehead atoms. The van der Waals surface area contributed by atoms with Gasteiger partial charge in [-0.1, -0.05) is 0 Å². The van der Waals surface area contributed by atoms with E-state index in [0.717, 1.165) is 4.90 Å². The predicted octanol–water partition coefficient (Wildman–Crippen LogP) is 0.717. The first-order valence-corrected chi connectivity index (χ1v) is 6.72. The third-order valence-corrected chi connectivity index (χ3v) is 3.43. The summed E-state index contributed by atoms with van der Waals surface area (Å²) in [5.41, 5.74) is 0.330. The summed E-state index contributed by atoms with van der Waals surface area (Å²) in [7, 11) is 0. The van der Waals surface area contributed by atoms with Crippen molar-refractivity contribution in [3.05, 3.63) is 30.1 Å². The Morgan fingerprint density at radius 1 is 1.14 bits per heavy atom. The van der Waals surface area contributed by atoms with E-state index in [1.54, 1.807) is 0 Å². The van der Waals surface area contributed by atoms with Crippen molar-refractivity contribution in [2.75, 3.05) is 11.9 Å². The number of hydrogen-bond donors (Lipinski definition) is 1. The SMILES string of the molecule is O=C(CN1C(=O)C(=O)N(C2CC2)C1=O)Nc1ccc(F)cc1. The van der Waals surface area contributed by atoms with Crippen LogP contribution in [0.5, 0.6) is 0 Å². The van der Waals surface area contributed by atoms with Crippen LogP contribution in [0, 0.1) is 5.82 Å². The molecule has 0 radical (unpaired) electrons. The van der Waals surface area contributed by atoms with Gasteiger partial charge in [0.25, 0.3) is 0 Å². The van der Waals surface area contributed by atoms with Crippen molar-refractivity contribution < 1.29 is 23.6 Å². The van der Waals surface area contributed by atoms with E-state index in [9.17, 15) is 23.6 Å². The molecule has 1 heterocycles. The number of rotatable bonds is 4. The second-order valence-corrected chi connectivity index (χ2v) is 5.14. The molecular formula is C14H12FN3O4. The zero-order valence-corrected chi connectivity index (χ0v) is 11.4. The van der Waals surface area contributed by atoms with Gasteiger partial charge in [0.2, 0.25) is 5.91 Å². The van der Waals surface area contributed by atoms with E-state index in [0.29, 0.717) is 23.4 Å². The van der Waals surface area contributed by atoms with Crippen molar-refractivity contribution in [3.63, 3.8) is 0 Å². The number of nitrogens with zero attached hydrogens (tertiary/aromatic N) is 2. The number of halogens is 1. The van der Waals surface area contributed by atoms with Crippen molar-refractivity contribution in [2.24, 2.45) is 0 Å². The topological polar surface area (TPSA) is 86.8 Å². The van der Waals surface area contributed by atoms with Gasteiger partial charge in [0.05, 0.1) is 0 Å². The van der Waals surface area contributed by atoms with Gasteiger partial charge in [0.15, 0.2) is 0 Å². The lowest BCUT2D eigenvalue weighted by Crippen LogP contribution is -2.39. The molecule has 5 amide bonds. The van der Waals surface area contributed by atoms with Crippen LogP contribution in [-0.2, 0) is 14.4 Å². The maximum atomic E-state index is 12.8. The molecule has 7 nitrogen and oxygen atoms in total. The minimum atomic E-state index is -0.994. The Kier molecular flexibility index (Phi) is 3.36. The molecule has 1 saturated carbocycles. The summed E-state index contributed by atoms with van der Waals surface area (Å²) in [6.07, 6.45) is 1.36. The number of hydrogen-bond acceptors (Lipinski definition) is 4. The van der Waals surface area contributed by atoms with Crippen LogP contribution in [0.15, 0.2) is 24.3 Å². The maximum absolute atomic E-state index is 12.8. The molecule has 3 rings (SSSR count). The highest BCUT2D eigenvalue weighted by atomic mass is 19.1. The fourth-order valence-corrected chi connectivity index (χ4v) is 2.19. The number of amides is 5. The summed E-state index contributed by atoms with van der Waals surface area (Å²) < 4.78 is 12.8. The molecule has 1 aliphatic heterocycles. The largest absolute Gasteiger partial charge is 0.334 e. The molecule has 1 aromatic rings.